The SMILES string of the molecule is Fc1c(F)c(F)c(C(Br)c2ccc(Cl)c(Cl)c2)c(F)c1F. The Morgan fingerprint density at radius 3 is 1.71 bits per heavy atom. The summed E-state index contributed by atoms with van der Waals surface area (Å²) >= 11 is 14.4. The number of hydrogen-bond acceptors (Lipinski definition) is 0. The van der Waals surface area contributed by atoms with Crippen LogP contribution in [0.5, 0.6) is 0 Å². The highest BCUT2D eigenvalue weighted by Gasteiger charge is 2.30. The Morgan fingerprint density at radius 2 is 1.24 bits per heavy atom. The third kappa shape index (κ3) is 2.89. The molecule has 0 fully saturated rings. The van der Waals surface area contributed by atoms with Crippen LogP contribution in [0.1, 0.15) is 16.0 Å². The van der Waals surface area contributed by atoms with Crippen molar-refractivity contribution in [2.24, 2.45) is 0 Å². The number of rotatable bonds is 2. The van der Waals surface area contributed by atoms with Gasteiger partial charge in [0.25, 0.3) is 0 Å². The zero-order valence-electron chi connectivity index (χ0n) is 9.83. The number of halogens is 8. The lowest BCUT2D eigenvalue weighted by atomic mass is 10.0. The van der Waals surface area contributed by atoms with Crippen LogP contribution in [0.3, 0.4) is 0 Å². The van der Waals surface area contributed by atoms with Crippen LogP contribution in [0.2, 0.25) is 10.0 Å². The molecular formula is C13H4BrCl2F5. The molecule has 0 nitrogen and oxygen atoms in total. The lowest BCUT2D eigenvalue weighted by Gasteiger charge is -2.15. The quantitative estimate of drug-likeness (QED) is 0.242. The van der Waals surface area contributed by atoms with Crippen LogP contribution in [-0.2, 0) is 0 Å². The molecule has 1 unspecified atom stereocenters. The highest BCUT2D eigenvalue weighted by Crippen LogP contribution is 2.38. The predicted octanol–water partition coefficient (Wildman–Crippen LogP) is 6.17. The standard InChI is InChI=1S/C13H4BrCl2F5/c14-8(4-1-2-5(15)6(16)3-4)7-9(17)11(19)13(21)12(20)10(7)18/h1-3,8H. The molecule has 0 aliphatic heterocycles. The van der Waals surface area contributed by atoms with Gasteiger partial charge in [0.15, 0.2) is 23.3 Å². The fourth-order valence-corrected chi connectivity index (χ4v) is 2.67. The number of alkyl halides is 1. The summed E-state index contributed by atoms with van der Waals surface area (Å²) in [6.07, 6.45) is 0. The topological polar surface area (TPSA) is 0 Å². The number of hydrogen-bond donors (Lipinski definition) is 0. The summed E-state index contributed by atoms with van der Waals surface area (Å²) in [6, 6.07) is 3.96. The van der Waals surface area contributed by atoms with E-state index in [2.05, 4.69) is 15.9 Å². The molecule has 0 bridgehead atoms. The molecule has 8 heteroatoms. The van der Waals surface area contributed by atoms with Crippen molar-refractivity contribution < 1.29 is 22.0 Å². The first-order valence-electron chi connectivity index (χ1n) is 5.36. The minimum absolute atomic E-state index is 0.0856. The van der Waals surface area contributed by atoms with Gasteiger partial charge >= 0.3 is 0 Å². The van der Waals surface area contributed by atoms with Crippen molar-refractivity contribution in [3.63, 3.8) is 0 Å². The maximum Gasteiger partial charge on any atom is 0.200 e. The molecule has 2 rings (SSSR count). The van der Waals surface area contributed by atoms with E-state index in [9.17, 15) is 22.0 Å². The molecule has 0 amide bonds. The van der Waals surface area contributed by atoms with Crippen LogP contribution in [0.4, 0.5) is 22.0 Å². The Bertz CT molecular complexity index is 691. The minimum Gasteiger partial charge on any atom is -0.203 e. The van der Waals surface area contributed by atoms with E-state index in [1.165, 1.54) is 18.2 Å². The van der Waals surface area contributed by atoms with Crippen molar-refractivity contribution in [3.8, 4) is 0 Å². The van der Waals surface area contributed by atoms with Gasteiger partial charge in [-0.05, 0) is 17.7 Å². The molecule has 2 aromatic rings. The fraction of sp³-hybridized carbons (Fsp3) is 0.0769. The van der Waals surface area contributed by atoms with E-state index in [-0.39, 0.29) is 15.6 Å². The van der Waals surface area contributed by atoms with Crippen LogP contribution in [0.25, 0.3) is 0 Å². The molecule has 21 heavy (non-hydrogen) atoms. The van der Waals surface area contributed by atoms with E-state index >= 15 is 0 Å². The van der Waals surface area contributed by atoms with E-state index in [0.717, 1.165) is 0 Å². The monoisotopic (exact) mass is 404 g/mol. The van der Waals surface area contributed by atoms with Crippen molar-refractivity contribution >= 4 is 39.1 Å². The third-order valence-corrected chi connectivity index (χ3v) is 4.46. The summed E-state index contributed by atoms with van der Waals surface area (Å²) in [5.74, 6) is -10.0. The van der Waals surface area contributed by atoms with Gasteiger partial charge in [0, 0.05) is 5.56 Å². The second-order valence-corrected chi connectivity index (χ2v) is 5.75. The van der Waals surface area contributed by atoms with Crippen LogP contribution in [-0.4, -0.2) is 0 Å². The molecule has 0 aliphatic carbocycles. The van der Waals surface area contributed by atoms with Gasteiger partial charge in [0.2, 0.25) is 5.82 Å². The van der Waals surface area contributed by atoms with Crippen molar-refractivity contribution in [1.82, 2.24) is 0 Å². The lowest BCUT2D eigenvalue weighted by molar-refractivity contribution is 0.371. The van der Waals surface area contributed by atoms with Gasteiger partial charge in [0.1, 0.15) is 0 Å². The zero-order valence-corrected chi connectivity index (χ0v) is 12.9. The summed E-state index contributed by atoms with van der Waals surface area (Å²) in [5, 5.41) is 0.278. The van der Waals surface area contributed by atoms with Gasteiger partial charge in [0.05, 0.1) is 14.9 Å². The summed E-state index contributed by atoms with van der Waals surface area (Å²) in [7, 11) is 0. The van der Waals surface area contributed by atoms with Crippen LogP contribution in [0.15, 0.2) is 18.2 Å². The van der Waals surface area contributed by atoms with Gasteiger partial charge in [-0.1, -0.05) is 45.2 Å². The van der Waals surface area contributed by atoms with E-state index in [4.69, 9.17) is 23.2 Å². The first-order valence-corrected chi connectivity index (χ1v) is 7.03. The number of benzene rings is 2. The summed E-state index contributed by atoms with van der Waals surface area (Å²) in [5.41, 5.74) is -0.808. The average Bonchev–Trinajstić information content (AvgIpc) is 2.46. The van der Waals surface area contributed by atoms with Gasteiger partial charge in [-0.25, -0.2) is 22.0 Å². The van der Waals surface area contributed by atoms with Gasteiger partial charge < -0.3 is 0 Å². The molecule has 2 aromatic carbocycles. The predicted molar refractivity (Wildman–Crippen MR) is 73.5 cm³/mol. The fourth-order valence-electron chi connectivity index (χ4n) is 1.68. The summed E-state index contributed by atoms with van der Waals surface area (Å²) < 4.78 is 66.8. The van der Waals surface area contributed by atoms with Crippen LogP contribution < -0.4 is 0 Å². The molecule has 0 aliphatic rings. The molecule has 0 radical (unpaired) electrons. The highest BCUT2D eigenvalue weighted by atomic mass is 79.9. The van der Waals surface area contributed by atoms with Crippen molar-refractivity contribution in [1.29, 1.82) is 0 Å². The molecule has 0 saturated heterocycles. The normalized spacial score (nSPS) is 12.6. The molecule has 112 valence electrons. The molecule has 0 heterocycles. The van der Waals surface area contributed by atoms with Crippen molar-refractivity contribution in [3.05, 3.63) is 68.5 Å². The second kappa shape index (κ2) is 6.10. The molecule has 0 aromatic heterocycles. The first kappa shape index (κ1) is 16.5. The lowest BCUT2D eigenvalue weighted by Crippen LogP contribution is -2.09. The Kier molecular flexibility index (Phi) is 4.80. The maximum absolute atomic E-state index is 13.7. The largest absolute Gasteiger partial charge is 0.203 e. The smallest absolute Gasteiger partial charge is 0.200 e. The van der Waals surface area contributed by atoms with Crippen LogP contribution in [0, 0.1) is 29.1 Å². The zero-order chi connectivity index (χ0) is 15.9. The van der Waals surface area contributed by atoms with Crippen molar-refractivity contribution in [2.75, 3.05) is 0 Å². The molecular weight excluding hydrogens is 402 g/mol. The van der Waals surface area contributed by atoms with E-state index < -0.39 is 39.5 Å². The first-order chi connectivity index (χ1) is 9.75. The van der Waals surface area contributed by atoms with Crippen LogP contribution >= 0.6 is 39.1 Å². The Morgan fingerprint density at radius 1 is 0.762 bits per heavy atom. The van der Waals surface area contributed by atoms with Gasteiger partial charge in [-0.3, -0.25) is 0 Å². The molecule has 0 spiro atoms. The van der Waals surface area contributed by atoms with E-state index in [1.54, 1.807) is 0 Å². The van der Waals surface area contributed by atoms with Gasteiger partial charge in [-0.15, -0.1) is 0 Å². The summed E-state index contributed by atoms with van der Waals surface area (Å²) in [4.78, 5) is -1.28. The Balaban J connectivity index is 2.63. The summed E-state index contributed by atoms with van der Waals surface area (Å²) in [6.45, 7) is 0. The Hall–Kier alpha value is -0.850. The third-order valence-electron chi connectivity index (χ3n) is 2.73. The molecule has 1 atom stereocenters. The molecule has 0 saturated carbocycles. The van der Waals surface area contributed by atoms with Gasteiger partial charge in [-0.2, -0.15) is 0 Å². The minimum atomic E-state index is -2.21. The van der Waals surface area contributed by atoms with E-state index in [0.29, 0.717) is 0 Å². The maximum atomic E-state index is 13.7. The Labute approximate surface area is 134 Å². The highest BCUT2D eigenvalue weighted by molar-refractivity contribution is 9.09. The average molecular weight is 406 g/mol. The van der Waals surface area contributed by atoms with Crippen molar-refractivity contribution in [2.45, 2.75) is 4.83 Å². The molecule has 0 N–H and O–H groups in total. The second-order valence-electron chi connectivity index (χ2n) is 4.02. The van der Waals surface area contributed by atoms with E-state index in [1.807, 2.05) is 0 Å².